The van der Waals surface area contributed by atoms with Crippen LogP contribution in [-0.2, 0) is 0 Å². The Morgan fingerprint density at radius 2 is 1.60 bits per heavy atom. The zero-order valence-corrected chi connectivity index (χ0v) is 8.17. The first-order chi connectivity index (χ1) is 7.50. The van der Waals surface area contributed by atoms with E-state index in [1.165, 1.54) is 0 Å². The third-order valence-corrected chi connectivity index (χ3v) is 1.31. The molecule has 0 aromatic carbocycles. The number of rotatable bonds is 0. The summed E-state index contributed by atoms with van der Waals surface area (Å²) in [5.74, 6) is 0. The highest BCUT2D eigenvalue weighted by Crippen LogP contribution is 1.72. The van der Waals surface area contributed by atoms with E-state index in [0.717, 1.165) is 0 Å². The second-order valence-electron chi connectivity index (χ2n) is 2.41. The summed E-state index contributed by atoms with van der Waals surface area (Å²) in [6, 6.07) is 5.72. The van der Waals surface area contributed by atoms with Gasteiger partial charge in [-0.1, -0.05) is 0 Å². The molecule has 0 unspecified atom stereocenters. The summed E-state index contributed by atoms with van der Waals surface area (Å²) < 4.78 is 0. The van der Waals surface area contributed by atoms with Gasteiger partial charge in [0.25, 0.3) is 0 Å². The maximum absolute atomic E-state index is 3.67. The SMILES string of the molecule is c1c[nH]cn1.c1cc[nH]c1.c1cn[nH]c1. The van der Waals surface area contributed by atoms with Crippen molar-refractivity contribution in [2.75, 3.05) is 0 Å². The zero-order valence-electron chi connectivity index (χ0n) is 8.17. The predicted molar refractivity (Wildman–Crippen MR) is 58.0 cm³/mol. The van der Waals surface area contributed by atoms with Crippen molar-refractivity contribution in [3.63, 3.8) is 0 Å². The van der Waals surface area contributed by atoms with Gasteiger partial charge in [-0.3, -0.25) is 5.10 Å². The van der Waals surface area contributed by atoms with Gasteiger partial charge in [0, 0.05) is 37.2 Å². The maximum Gasteiger partial charge on any atom is 0.0919 e. The van der Waals surface area contributed by atoms with Crippen molar-refractivity contribution >= 4 is 0 Å². The fraction of sp³-hybridized carbons (Fsp3) is 0. The summed E-state index contributed by atoms with van der Waals surface area (Å²) in [7, 11) is 0. The first-order valence-electron chi connectivity index (χ1n) is 4.44. The Morgan fingerprint density at radius 3 is 1.80 bits per heavy atom. The molecule has 3 N–H and O–H groups in total. The summed E-state index contributed by atoms with van der Waals surface area (Å²) >= 11 is 0. The molecule has 3 aromatic heterocycles. The molecule has 5 nitrogen and oxygen atoms in total. The number of hydrogen-bond acceptors (Lipinski definition) is 2. The van der Waals surface area contributed by atoms with Crippen molar-refractivity contribution < 1.29 is 0 Å². The quantitative estimate of drug-likeness (QED) is 0.521. The van der Waals surface area contributed by atoms with Gasteiger partial charge in [-0.15, -0.1) is 0 Å². The van der Waals surface area contributed by atoms with Crippen molar-refractivity contribution in [1.82, 2.24) is 25.1 Å². The molecule has 0 atom stereocenters. The van der Waals surface area contributed by atoms with Gasteiger partial charge in [0.1, 0.15) is 0 Å². The standard InChI is InChI=1S/C4H5N.2C3H4N2/c1-2-4-5-3-1;1-2-5-3-4-1;1-2-4-5-3-1/h1-5H;2*1-3H,(H,4,5). The van der Waals surface area contributed by atoms with E-state index in [0.29, 0.717) is 0 Å². The molecule has 0 saturated heterocycles. The van der Waals surface area contributed by atoms with Crippen molar-refractivity contribution in [3.05, 3.63) is 61.7 Å². The second kappa shape index (κ2) is 8.31. The van der Waals surface area contributed by atoms with Gasteiger partial charge < -0.3 is 9.97 Å². The van der Waals surface area contributed by atoms with E-state index in [4.69, 9.17) is 0 Å². The van der Waals surface area contributed by atoms with E-state index in [9.17, 15) is 0 Å². The zero-order chi connectivity index (χ0) is 10.6. The highest BCUT2D eigenvalue weighted by molar-refractivity contribution is 4.84. The van der Waals surface area contributed by atoms with Gasteiger partial charge in [0.05, 0.1) is 6.33 Å². The van der Waals surface area contributed by atoms with Crippen molar-refractivity contribution in [2.45, 2.75) is 0 Å². The van der Waals surface area contributed by atoms with Crippen molar-refractivity contribution in [1.29, 1.82) is 0 Å². The number of hydrogen-bond donors (Lipinski definition) is 3. The van der Waals surface area contributed by atoms with Crippen LogP contribution in [0.4, 0.5) is 0 Å². The number of aromatic amines is 3. The Morgan fingerprint density at radius 1 is 0.733 bits per heavy atom. The first kappa shape index (κ1) is 10.8. The molecule has 15 heavy (non-hydrogen) atoms. The number of aromatic nitrogens is 5. The minimum Gasteiger partial charge on any atom is -0.368 e. The predicted octanol–water partition coefficient (Wildman–Crippen LogP) is 1.83. The normalized spacial score (nSPS) is 8.00. The van der Waals surface area contributed by atoms with Crippen LogP contribution in [0.1, 0.15) is 0 Å². The molecule has 3 aromatic rings. The first-order valence-corrected chi connectivity index (χ1v) is 4.44. The molecular formula is C10H13N5. The lowest BCUT2D eigenvalue weighted by atomic mass is 10.7. The summed E-state index contributed by atoms with van der Waals surface area (Å²) in [4.78, 5) is 9.28. The molecule has 0 radical (unpaired) electrons. The molecule has 0 bridgehead atoms. The Balaban J connectivity index is 0.000000112. The van der Waals surface area contributed by atoms with Crippen LogP contribution in [0.2, 0.25) is 0 Å². The molecule has 3 rings (SSSR count). The second-order valence-corrected chi connectivity index (χ2v) is 2.41. The fourth-order valence-electron chi connectivity index (χ4n) is 0.708. The topological polar surface area (TPSA) is 73.2 Å². The lowest BCUT2D eigenvalue weighted by molar-refractivity contribution is 1.09. The maximum atomic E-state index is 3.67. The van der Waals surface area contributed by atoms with Gasteiger partial charge >= 0.3 is 0 Å². The number of imidazole rings is 1. The largest absolute Gasteiger partial charge is 0.368 e. The van der Waals surface area contributed by atoms with Crippen LogP contribution in [0.15, 0.2) is 61.7 Å². The van der Waals surface area contributed by atoms with Gasteiger partial charge in [-0.05, 0) is 18.2 Å². The van der Waals surface area contributed by atoms with Crippen molar-refractivity contribution in [3.8, 4) is 0 Å². The Bertz CT molecular complexity index is 246. The molecule has 0 aliphatic carbocycles. The smallest absolute Gasteiger partial charge is 0.0919 e. The molecule has 3 heterocycles. The number of nitrogens with one attached hydrogen (secondary N) is 3. The lowest BCUT2D eigenvalue weighted by Crippen LogP contribution is -1.53. The van der Waals surface area contributed by atoms with Gasteiger partial charge in [0.2, 0.25) is 0 Å². The summed E-state index contributed by atoms with van der Waals surface area (Å²) in [6.07, 6.45) is 12.3. The van der Waals surface area contributed by atoms with E-state index >= 15 is 0 Å². The number of H-pyrrole nitrogens is 3. The highest BCUT2D eigenvalue weighted by atomic mass is 15.1. The Kier molecular flexibility index (Phi) is 5.97. The summed E-state index contributed by atoms with van der Waals surface area (Å²) in [5, 5.41) is 6.21. The lowest BCUT2D eigenvalue weighted by Gasteiger charge is -1.49. The van der Waals surface area contributed by atoms with E-state index < -0.39 is 0 Å². The average Bonchev–Trinajstić information content (AvgIpc) is 3.09. The third kappa shape index (κ3) is 6.83. The van der Waals surface area contributed by atoms with Crippen LogP contribution in [0.25, 0.3) is 0 Å². The monoisotopic (exact) mass is 203 g/mol. The average molecular weight is 203 g/mol. The van der Waals surface area contributed by atoms with Gasteiger partial charge in [-0.25, -0.2) is 4.98 Å². The van der Waals surface area contributed by atoms with Crippen LogP contribution >= 0.6 is 0 Å². The molecule has 0 amide bonds. The van der Waals surface area contributed by atoms with Crippen LogP contribution in [0.5, 0.6) is 0 Å². The molecule has 0 aliphatic heterocycles. The number of nitrogens with zero attached hydrogens (tertiary/aromatic N) is 2. The fourth-order valence-corrected chi connectivity index (χ4v) is 0.708. The van der Waals surface area contributed by atoms with Crippen LogP contribution in [0.3, 0.4) is 0 Å². The van der Waals surface area contributed by atoms with Crippen LogP contribution < -0.4 is 0 Å². The Hall–Kier alpha value is -2.30. The third-order valence-electron chi connectivity index (χ3n) is 1.31. The van der Waals surface area contributed by atoms with Crippen LogP contribution in [0, 0.1) is 0 Å². The molecule has 5 heteroatoms. The van der Waals surface area contributed by atoms with Crippen molar-refractivity contribution in [2.24, 2.45) is 0 Å². The van der Waals surface area contributed by atoms with Crippen LogP contribution in [-0.4, -0.2) is 25.1 Å². The Labute approximate surface area is 87.6 Å². The van der Waals surface area contributed by atoms with E-state index in [1.54, 1.807) is 31.1 Å². The summed E-state index contributed by atoms with van der Waals surface area (Å²) in [6.45, 7) is 0. The minimum absolute atomic E-state index is 1.62. The molecule has 78 valence electrons. The van der Waals surface area contributed by atoms with Gasteiger partial charge in [-0.2, -0.15) is 5.10 Å². The van der Waals surface area contributed by atoms with E-state index in [2.05, 4.69) is 25.1 Å². The van der Waals surface area contributed by atoms with E-state index in [-0.39, 0.29) is 0 Å². The molecule has 0 saturated carbocycles. The van der Waals surface area contributed by atoms with E-state index in [1.807, 2.05) is 30.6 Å². The molecular weight excluding hydrogens is 190 g/mol. The summed E-state index contributed by atoms with van der Waals surface area (Å²) in [5.41, 5.74) is 0. The molecule has 0 fully saturated rings. The molecule has 0 aliphatic rings. The highest BCUT2D eigenvalue weighted by Gasteiger charge is 1.57. The van der Waals surface area contributed by atoms with Gasteiger partial charge in [0.15, 0.2) is 0 Å². The molecule has 0 spiro atoms. The minimum atomic E-state index is 1.62.